The Labute approximate surface area is 115 Å². The second-order valence-electron chi connectivity index (χ2n) is 5.76. The Bertz CT molecular complexity index is 535. The summed E-state index contributed by atoms with van der Waals surface area (Å²) >= 11 is 0. The Kier molecular flexibility index (Phi) is 3.88. The van der Waals surface area contributed by atoms with Crippen LogP contribution in [0.5, 0.6) is 0 Å². The Morgan fingerprint density at radius 2 is 1.89 bits per heavy atom. The van der Waals surface area contributed by atoms with Gasteiger partial charge >= 0.3 is 0 Å². The first-order valence-electron chi connectivity index (χ1n) is 7.68. The van der Waals surface area contributed by atoms with Crippen molar-refractivity contribution >= 4 is 10.9 Å². The van der Waals surface area contributed by atoms with E-state index in [-0.39, 0.29) is 0 Å². The molecule has 0 radical (unpaired) electrons. The minimum absolute atomic E-state index is 0.713. The van der Waals surface area contributed by atoms with Crippen LogP contribution in [-0.4, -0.2) is 11.1 Å². The number of benzene rings is 1. The van der Waals surface area contributed by atoms with Gasteiger partial charge in [0.25, 0.3) is 0 Å². The highest BCUT2D eigenvalue weighted by Gasteiger charge is 2.18. The molecule has 0 saturated heterocycles. The van der Waals surface area contributed by atoms with Gasteiger partial charge < -0.3 is 10.3 Å². The first-order valence-corrected chi connectivity index (χ1v) is 7.68. The van der Waals surface area contributed by atoms with Crippen LogP contribution in [0.2, 0.25) is 0 Å². The normalized spacial score (nSPS) is 17.1. The van der Waals surface area contributed by atoms with Gasteiger partial charge in [0.05, 0.1) is 0 Å². The van der Waals surface area contributed by atoms with Crippen LogP contribution in [0.15, 0.2) is 30.5 Å². The highest BCUT2D eigenvalue weighted by molar-refractivity contribution is 5.84. The molecule has 0 bridgehead atoms. The highest BCUT2D eigenvalue weighted by atomic mass is 15.0. The maximum atomic E-state index is 5.66. The largest absolute Gasteiger partial charge is 0.344 e. The zero-order chi connectivity index (χ0) is 13.1. The van der Waals surface area contributed by atoms with E-state index in [9.17, 15) is 0 Å². The van der Waals surface area contributed by atoms with E-state index >= 15 is 0 Å². The number of hydrogen-bond acceptors (Lipinski definition) is 1. The molecular formula is C17H24N2. The van der Waals surface area contributed by atoms with Crippen LogP contribution < -0.4 is 5.73 Å². The summed E-state index contributed by atoms with van der Waals surface area (Å²) in [5.74, 6) is 0. The molecule has 2 nitrogen and oxygen atoms in total. The lowest BCUT2D eigenvalue weighted by Crippen LogP contribution is -2.11. The fourth-order valence-corrected chi connectivity index (χ4v) is 3.43. The summed E-state index contributed by atoms with van der Waals surface area (Å²) in [5.41, 5.74) is 8.56. The maximum Gasteiger partial charge on any atom is 0.0485 e. The van der Waals surface area contributed by atoms with Crippen LogP contribution in [0.25, 0.3) is 10.9 Å². The number of nitrogens with zero attached hydrogens (tertiary/aromatic N) is 1. The average Bonchev–Trinajstić information content (AvgIpc) is 2.85. The molecular weight excluding hydrogens is 232 g/mol. The Balaban J connectivity index is 1.98. The van der Waals surface area contributed by atoms with E-state index in [1.807, 2.05) is 0 Å². The molecule has 0 spiro atoms. The highest BCUT2D eigenvalue weighted by Crippen LogP contribution is 2.33. The molecule has 1 aliphatic rings. The third kappa shape index (κ3) is 2.55. The Morgan fingerprint density at radius 1 is 1.11 bits per heavy atom. The van der Waals surface area contributed by atoms with E-state index in [4.69, 9.17) is 5.73 Å². The van der Waals surface area contributed by atoms with Gasteiger partial charge in [0.15, 0.2) is 0 Å². The van der Waals surface area contributed by atoms with Crippen LogP contribution in [0, 0.1) is 0 Å². The van der Waals surface area contributed by atoms with Gasteiger partial charge in [0.1, 0.15) is 0 Å². The van der Waals surface area contributed by atoms with Gasteiger partial charge in [-0.25, -0.2) is 0 Å². The van der Waals surface area contributed by atoms with E-state index in [0.29, 0.717) is 6.04 Å². The fourth-order valence-electron chi connectivity index (χ4n) is 3.43. The molecule has 1 aromatic carbocycles. The number of fused-ring (bicyclic) bond motifs is 1. The molecule has 1 fully saturated rings. The predicted molar refractivity (Wildman–Crippen MR) is 81.4 cm³/mol. The van der Waals surface area contributed by atoms with Crippen molar-refractivity contribution in [3.8, 4) is 0 Å². The van der Waals surface area contributed by atoms with Crippen molar-refractivity contribution in [1.82, 2.24) is 4.57 Å². The van der Waals surface area contributed by atoms with Crippen LogP contribution >= 0.6 is 0 Å². The quantitative estimate of drug-likeness (QED) is 0.879. The van der Waals surface area contributed by atoms with Crippen molar-refractivity contribution in [1.29, 1.82) is 0 Å². The molecule has 1 saturated carbocycles. The van der Waals surface area contributed by atoms with Crippen molar-refractivity contribution in [3.63, 3.8) is 0 Å². The third-order valence-corrected chi connectivity index (χ3v) is 4.44. The Hall–Kier alpha value is -1.28. The SMILES string of the molecule is NCCCc1cn(C2CCCCC2)c2ccccc12. The van der Waals surface area contributed by atoms with Crippen molar-refractivity contribution in [2.45, 2.75) is 51.0 Å². The van der Waals surface area contributed by atoms with Gasteiger partial charge in [-0.3, -0.25) is 0 Å². The summed E-state index contributed by atoms with van der Waals surface area (Å²) in [5, 5.41) is 1.43. The van der Waals surface area contributed by atoms with Crippen molar-refractivity contribution in [3.05, 3.63) is 36.0 Å². The molecule has 0 atom stereocenters. The van der Waals surface area contributed by atoms with Crippen LogP contribution in [0.4, 0.5) is 0 Å². The molecule has 2 heteroatoms. The van der Waals surface area contributed by atoms with Crippen LogP contribution in [0.1, 0.15) is 50.1 Å². The molecule has 0 aliphatic heterocycles. The lowest BCUT2D eigenvalue weighted by Gasteiger charge is -2.24. The predicted octanol–water partition coefficient (Wildman–Crippen LogP) is 4.04. The molecule has 2 N–H and O–H groups in total. The number of para-hydroxylation sites is 1. The zero-order valence-corrected chi connectivity index (χ0v) is 11.6. The summed E-state index contributed by atoms with van der Waals surface area (Å²) in [6.07, 6.45) is 11.5. The molecule has 102 valence electrons. The molecule has 0 unspecified atom stereocenters. The van der Waals surface area contributed by atoms with E-state index in [1.54, 1.807) is 0 Å². The lowest BCUT2D eigenvalue weighted by molar-refractivity contribution is 0.360. The molecule has 3 rings (SSSR count). The van der Waals surface area contributed by atoms with Gasteiger partial charge in [0.2, 0.25) is 0 Å². The smallest absolute Gasteiger partial charge is 0.0485 e. The number of aromatic nitrogens is 1. The minimum atomic E-state index is 0.713. The summed E-state index contributed by atoms with van der Waals surface area (Å²) in [6.45, 7) is 0.781. The summed E-state index contributed by atoms with van der Waals surface area (Å²) in [7, 11) is 0. The molecule has 1 heterocycles. The second kappa shape index (κ2) is 5.79. The number of aryl methyl sites for hydroxylation is 1. The van der Waals surface area contributed by atoms with E-state index in [2.05, 4.69) is 35.0 Å². The molecule has 19 heavy (non-hydrogen) atoms. The topological polar surface area (TPSA) is 30.9 Å². The zero-order valence-electron chi connectivity index (χ0n) is 11.6. The maximum absolute atomic E-state index is 5.66. The summed E-state index contributed by atoms with van der Waals surface area (Å²) < 4.78 is 2.54. The Morgan fingerprint density at radius 3 is 2.68 bits per heavy atom. The van der Waals surface area contributed by atoms with Gasteiger partial charge in [-0.2, -0.15) is 0 Å². The summed E-state index contributed by atoms with van der Waals surface area (Å²) in [4.78, 5) is 0. The number of nitrogens with two attached hydrogens (primary N) is 1. The molecule has 1 aliphatic carbocycles. The van der Waals surface area contributed by atoms with Gasteiger partial charge in [-0.15, -0.1) is 0 Å². The number of rotatable bonds is 4. The first-order chi connectivity index (χ1) is 9.40. The summed E-state index contributed by atoms with van der Waals surface area (Å²) in [6, 6.07) is 9.56. The van der Waals surface area contributed by atoms with E-state index in [0.717, 1.165) is 19.4 Å². The van der Waals surface area contributed by atoms with Crippen molar-refractivity contribution < 1.29 is 0 Å². The first kappa shape index (κ1) is 12.7. The number of hydrogen-bond donors (Lipinski definition) is 1. The van der Waals surface area contributed by atoms with Crippen molar-refractivity contribution in [2.24, 2.45) is 5.73 Å². The van der Waals surface area contributed by atoms with E-state index < -0.39 is 0 Å². The lowest BCUT2D eigenvalue weighted by atomic mass is 9.95. The monoisotopic (exact) mass is 256 g/mol. The van der Waals surface area contributed by atoms with Gasteiger partial charge in [-0.1, -0.05) is 37.5 Å². The molecule has 1 aromatic heterocycles. The molecule has 2 aromatic rings. The van der Waals surface area contributed by atoms with Crippen LogP contribution in [-0.2, 0) is 6.42 Å². The minimum Gasteiger partial charge on any atom is -0.344 e. The van der Waals surface area contributed by atoms with Gasteiger partial charge in [-0.05, 0) is 43.9 Å². The standard InChI is InChI=1S/C17H24N2/c18-12-6-7-14-13-19(15-8-2-1-3-9-15)17-11-5-4-10-16(14)17/h4-5,10-11,13,15H,1-3,6-9,12,18H2. The van der Waals surface area contributed by atoms with E-state index in [1.165, 1.54) is 48.6 Å². The fraction of sp³-hybridized carbons (Fsp3) is 0.529. The second-order valence-corrected chi connectivity index (χ2v) is 5.76. The average molecular weight is 256 g/mol. The van der Waals surface area contributed by atoms with Crippen molar-refractivity contribution in [2.75, 3.05) is 6.54 Å². The third-order valence-electron chi connectivity index (χ3n) is 4.44. The van der Waals surface area contributed by atoms with Gasteiger partial charge in [0, 0.05) is 23.1 Å². The molecule has 0 amide bonds. The van der Waals surface area contributed by atoms with Crippen LogP contribution in [0.3, 0.4) is 0 Å².